The molecule has 0 spiro atoms. The van der Waals surface area contributed by atoms with Crippen LogP contribution in [0.25, 0.3) is 6.08 Å². The second-order valence-electron chi connectivity index (χ2n) is 2.86. The van der Waals surface area contributed by atoms with E-state index in [2.05, 4.69) is 19.2 Å². The molecule has 0 aliphatic rings. The van der Waals surface area contributed by atoms with Gasteiger partial charge >= 0.3 is 5.97 Å². The Morgan fingerprint density at radius 1 is 1.64 bits per heavy atom. The van der Waals surface area contributed by atoms with Crippen LogP contribution in [0.2, 0.25) is 0 Å². The van der Waals surface area contributed by atoms with Crippen molar-refractivity contribution in [2.45, 2.75) is 6.92 Å². The quantitative estimate of drug-likeness (QED) is 0.469. The lowest BCUT2D eigenvalue weighted by Gasteiger charge is -2.06. The van der Waals surface area contributed by atoms with Crippen molar-refractivity contribution in [2.75, 3.05) is 5.75 Å². The van der Waals surface area contributed by atoms with Crippen LogP contribution in [-0.2, 0) is 4.79 Å². The number of aryl methyl sites for hydroxylation is 1. The van der Waals surface area contributed by atoms with Crippen LogP contribution >= 0.6 is 12.6 Å². The molecule has 0 bridgehead atoms. The second-order valence-corrected chi connectivity index (χ2v) is 3.18. The molecule has 3 heteroatoms. The number of carbonyl (C=O) groups is 1. The molecule has 0 atom stereocenters. The number of rotatable bonds is 3. The summed E-state index contributed by atoms with van der Waals surface area (Å²) in [7, 11) is 0. The van der Waals surface area contributed by atoms with E-state index in [1.807, 2.05) is 19.1 Å². The van der Waals surface area contributed by atoms with Crippen molar-refractivity contribution in [3.63, 3.8) is 0 Å². The first-order valence-electron chi connectivity index (χ1n) is 4.22. The van der Waals surface area contributed by atoms with Crippen molar-refractivity contribution in [2.24, 2.45) is 0 Å². The number of hydrogen-bond acceptors (Lipinski definition) is 3. The first-order chi connectivity index (χ1) is 6.67. The van der Waals surface area contributed by atoms with Gasteiger partial charge in [0, 0.05) is 0 Å². The highest BCUT2D eigenvalue weighted by atomic mass is 32.1. The first kappa shape index (κ1) is 10.9. The molecule has 74 valence electrons. The van der Waals surface area contributed by atoms with Crippen LogP contribution in [0.3, 0.4) is 0 Å². The lowest BCUT2D eigenvalue weighted by atomic mass is 10.1. The van der Waals surface area contributed by atoms with Crippen molar-refractivity contribution in [3.8, 4) is 5.75 Å². The molecule has 0 N–H and O–H groups in total. The fourth-order valence-corrected chi connectivity index (χ4v) is 1.13. The Bertz CT molecular complexity index is 358. The zero-order valence-electron chi connectivity index (χ0n) is 7.99. The largest absolute Gasteiger partial charge is 0.426 e. The van der Waals surface area contributed by atoms with E-state index in [1.54, 1.807) is 12.1 Å². The number of hydrogen-bond donors (Lipinski definition) is 1. The first-order valence-corrected chi connectivity index (χ1v) is 4.85. The summed E-state index contributed by atoms with van der Waals surface area (Å²) in [6.07, 6.45) is 1.75. The van der Waals surface area contributed by atoms with E-state index in [-0.39, 0.29) is 11.7 Å². The molecule has 0 saturated heterocycles. The predicted octanol–water partition coefficient (Wildman–Crippen LogP) is 2.47. The van der Waals surface area contributed by atoms with Crippen molar-refractivity contribution in [3.05, 3.63) is 35.9 Å². The van der Waals surface area contributed by atoms with Crippen molar-refractivity contribution in [1.29, 1.82) is 0 Å². The molecular weight excluding hydrogens is 196 g/mol. The predicted molar refractivity (Wildman–Crippen MR) is 60.8 cm³/mol. The summed E-state index contributed by atoms with van der Waals surface area (Å²) in [4.78, 5) is 11.0. The van der Waals surface area contributed by atoms with Gasteiger partial charge in [0.25, 0.3) is 0 Å². The number of esters is 1. The summed E-state index contributed by atoms with van der Waals surface area (Å²) in [6.45, 7) is 5.54. The van der Waals surface area contributed by atoms with Crippen LogP contribution < -0.4 is 4.74 Å². The maximum atomic E-state index is 11.0. The summed E-state index contributed by atoms with van der Waals surface area (Å²) in [5, 5.41) is 0. The monoisotopic (exact) mass is 208 g/mol. The SMILES string of the molecule is C=Cc1ccc(OC(=O)CS)c(C)c1. The fraction of sp³-hybridized carbons (Fsp3) is 0.182. The van der Waals surface area contributed by atoms with E-state index in [0.717, 1.165) is 11.1 Å². The average molecular weight is 208 g/mol. The third-order valence-corrected chi connectivity index (χ3v) is 2.05. The molecular formula is C11H12O2S. The maximum absolute atomic E-state index is 11.0. The molecule has 0 aliphatic carbocycles. The minimum absolute atomic E-state index is 0.0860. The molecule has 1 aromatic rings. The fourth-order valence-electron chi connectivity index (χ4n) is 1.07. The Labute approximate surface area is 89.0 Å². The van der Waals surface area contributed by atoms with Gasteiger partial charge in [-0.25, -0.2) is 0 Å². The number of benzene rings is 1. The number of carbonyl (C=O) groups excluding carboxylic acids is 1. The van der Waals surface area contributed by atoms with E-state index in [0.29, 0.717) is 5.75 Å². The summed E-state index contributed by atoms with van der Waals surface area (Å²) >= 11 is 3.83. The minimum Gasteiger partial charge on any atom is -0.426 e. The highest BCUT2D eigenvalue weighted by molar-refractivity contribution is 7.81. The highest BCUT2D eigenvalue weighted by Gasteiger charge is 2.04. The Hall–Kier alpha value is -1.22. The number of thiol groups is 1. The smallest absolute Gasteiger partial charge is 0.321 e. The van der Waals surface area contributed by atoms with Crippen LogP contribution in [0.15, 0.2) is 24.8 Å². The van der Waals surface area contributed by atoms with Gasteiger partial charge in [-0.2, -0.15) is 12.6 Å². The molecule has 0 radical (unpaired) electrons. The normalized spacial score (nSPS) is 9.57. The third-order valence-electron chi connectivity index (χ3n) is 1.79. The molecule has 0 aromatic heterocycles. The molecule has 0 heterocycles. The minimum atomic E-state index is -0.345. The Balaban J connectivity index is 2.89. The van der Waals surface area contributed by atoms with Gasteiger partial charge in [0.1, 0.15) is 5.75 Å². The van der Waals surface area contributed by atoms with Gasteiger partial charge in [0.05, 0.1) is 5.75 Å². The molecule has 1 aromatic carbocycles. The van der Waals surface area contributed by atoms with Gasteiger partial charge in [-0.3, -0.25) is 4.79 Å². The summed E-state index contributed by atoms with van der Waals surface area (Å²) < 4.78 is 5.04. The zero-order chi connectivity index (χ0) is 10.6. The van der Waals surface area contributed by atoms with Crippen molar-refractivity contribution >= 4 is 24.7 Å². The Morgan fingerprint density at radius 3 is 2.86 bits per heavy atom. The van der Waals surface area contributed by atoms with Gasteiger partial charge < -0.3 is 4.74 Å². The van der Waals surface area contributed by atoms with Crippen LogP contribution in [0, 0.1) is 6.92 Å². The summed E-state index contributed by atoms with van der Waals surface area (Å²) in [5.41, 5.74) is 1.92. The molecule has 0 amide bonds. The van der Waals surface area contributed by atoms with Crippen LogP contribution in [0.5, 0.6) is 5.75 Å². The second kappa shape index (κ2) is 4.86. The van der Waals surface area contributed by atoms with Gasteiger partial charge in [-0.15, -0.1) is 0 Å². The molecule has 14 heavy (non-hydrogen) atoms. The summed E-state index contributed by atoms with van der Waals surface area (Å²) in [6, 6.07) is 5.52. The molecule has 0 saturated carbocycles. The van der Waals surface area contributed by atoms with Crippen LogP contribution in [0.1, 0.15) is 11.1 Å². The highest BCUT2D eigenvalue weighted by Crippen LogP contribution is 2.19. The lowest BCUT2D eigenvalue weighted by Crippen LogP contribution is -2.09. The maximum Gasteiger partial charge on any atom is 0.321 e. The molecule has 0 aliphatic heterocycles. The van der Waals surface area contributed by atoms with Gasteiger partial charge in [-0.05, 0) is 30.2 Å². The standard InChI is InChI=1S/C11H12O2S/c1-3-9-4-5-10(8(2)6-9)13-11(12)7-14/h3-6,14H,1,7H2,2H3. The topological polar surface area (TPSA) is 26.3 Å². The lowest BCUT2D eigenvalue weighted by molar-refractivity contribution is -0.131. The Kier molecular flexibility index (Phi) is 3.77. The zero-order valence-corrected chi connectivity index (χ0v) is 8.88. The summed E-state index contributed by atoms with van der Waals surface area (Å²) in [5.74, 6) is 0.320. The van der Waals surface area contributed by atoms with Crippen molar-refractivity contribution in [1.82, 2.24) is 0 Å². The van der Waals surface area contributed by atoms with E-state index < -0.39 is 0 Å². The molecule has 0 fully saturated rings. The van der Waals surface area contributed by atoms with E-state index in [9.17, 15) is 4.79 Å². The molecule has 0 unspecified atom stereocenters. The Morgan fingerprint density at radius 2 is 2.36 bits per heavy atom. The third kappa shape index (κ3) is 2.64. The molecule has 2 nitrogen and oxygen atoms in total. The van der Waals surface area contributed by atoms with Crippen LogP contribution in [0.4, 0.5) is 0 Å². The van der Waals surface area contributed by atoms with Crippen LogP contribution in [-0.4, -0.2) is 11.7 Å². The van der Waals surface area contributed by atoms with E-state index in [4.69, 9.17) is 4.74 Å². The van der Waals surface area contributed by atoms with Gasteiger partial charge in [-0.1, -0.05) is 18.7 Å². The van der Waals surface area contributed by atoms with Crippen molar-refractivity contribution < 1.29 is 9.53 Å². The molecule has 1 rings (SSSR count). The number of ether oxygens (including phenoxy) is 1. The van der Waals surface area contributed by atoms with Gasteiger partial charge in [0.15, 0.2) is 0 Å². The van der Waals surface area contributed by atoms with Gasteiger partial charge in [0.2, 0.25) is 0 Å². The van der Waals surface area contributed by atoms with E-state index in [1.165, 1.54) is 0 Å². The average Bonchev–Trinajstić information content (AvgIpc) is 2.20. The van der Waals surface area contributed by atoms with E-state index >= 15 is 0 Å².